The van der Waals surface area contributed by atoms with Crippen molar-refractivity contribution in [1.29, 1.82) is 0 Å². The summed E-state index contributed by atoms with van der Waals surface area (Å²) in [6.07, 6.45) is 5.44. The molecule has 21 heteroatoms. The topological polar surface area (TPSA) is 235 Å². The van der Waals surface area contributed by atoms with E-state index in [-0.39, 0.29) is 24.8 Å². The van der Waals surface area contributed by atoms with Crippen LogP contribution in [-0.4, -0.2) is 177 Å². The van der Waals surface area contributed by atoms with E-state index in [1.807, 2.05) is 55.4 Å². The van der Waals surface area contributed by atoms with Crippen molar-refractivity contribution in [3.05, 3.63) is 33.4 Å². The molecule has 0 aliphatic carbocycles. The quantitative estimate of drug-likeness (QED) is 0.0224. The van der Waals surface area contributed by atoms with E-state index in [1.165, 1.54) is 9.13 Å². The lowest BCUT2D eigenvalue weighted by Gasteiger charge is -2.24. The highest BCUT2D eigenvalue weighted by Gasteiger charge is 2.26. The minimum atomic E-state index is -0.708. The van der Waals surface area contributed by atoms with Crippen LogP contribution in [0.1, 0.15) is 112 Å². The molecule has 6 N–H and O–H groups in total. The van der Waals surface area contributed by atoms with Gasteiger partial charge in [-0.05, 0) is 141 Å². The fourth-order valence-corrected chi connectivity index (χ4v) is 6.43. The van der Waals surface area contributed by atoms with Crippen molar-refractivity contribution >= 4 is 63.7 Å². The van der Waals surface area contributed by atoms with Crippen molar-refractivity contribution in [1.82, 2.24) is 21.3 Å². The molecule has 418 valence electrons. The van der Waals surface area contributed by atoms with Gasteiger partial charge in [-0.2, -0.15) is 0 Å². The van der Waals surface area contributed by atoms with Gasteiger partial charge < -0.3 is 74.4 Å². The Balaban J connectivity index is 0.00000146. The number of hydrogen-bond donors (Lipinski definition) is 5. The zero-order chi connectivity index (χ0) is 53.7. The number of benzene rings is 1. The lowest BCUT2D eigenvalue weighted by Crippen LogP contribution is -2.44. The number of alkyl carbamates (subject to hydrolysis) is 1. The molecule has 1 aromatic rings. The van der Waals surface area contributed by atoms with Gasteiger partial charge in [0.2, 0.25) is 11.8 Å². The Morgan fingerprint density at radius 1 is 0.569 bits per heavy atom. The number of carbonyl (C=O) groups excluding carboxylic acids is 4. The summed E-state index contributed by atoms with van der Waals surface area (Å²) in [5, 5.41) is 11.6. The highest BCUT2D eigenvalue weighted by atomic mass is 127. The van der Waals surface area contributed by atoms with Gasteiger partial charge in [0.15, 0.2) is 0 Å². The fourth-order valence-electron chi connectivity index (χ4n) is 5.86. The Morgan fingerprint density at radius 2 is 1.03 bits per heavy atom. The summed E-state index contributed by atoms with van der Waals surface area (Å²) in [5.41, 5.74) is 6.00. The average molecular weight is 1160 g/mol. The van der Waals surface area contributed by atoms with E-state index in [0.717, 1.165) is 50.1 Å². The largest absolute Gasteiger partial charge is 0.458 e. The minimum absolute atomic E-state index is 0.149. The van der Waals surface area contributed by atoms with Crippen LogP contribution < -0.4 is 27.0 Å². The van der Waals surface area contributed by atoms with Gasteiger partial charge in [0.05, 0.1) is 104 Å². The Morgan fingerprint density at radius 3 is 1.53 bits per heavy atom. The van der Waals surface area contributed by atoms with Crippen LogP contribution in [0.4, 0.5) is 4.79 Å². The summed E-state index contributed by atoms with van der Waals surface area (Å²) in [5.74, 6) is -0.881. The molecular formula is C51H92IN5O14S. The molecule has 0 saturated carbocycles. The van der Waals surface area contributed by atoms with Crippen LogP contribution in [0.5, 0.6) is 0 Å². The third kappa shape index (κ3) is 46.9. The fraction of sp³-hybridized carbons (Fsp3) is 0.784. The second-order valence-electron chi connectivity index (χ2n) is 18.3. The van der Waals surface area contributed by atoms with Crippen LogP contribution in [0.2, 0.25) is 0 Å². The van der Waals surface area contributed by atoms with Gasteiger partial charge in [-0.25, -0.2) is 9.59 Å². The van der Waals surface area contributed by atoms with Crippen molar-refractivity contribution in [2.45, 2.75) is 136 Å². The van der Waals surface area contributed by atoms with E-state index in [0.29, 0.717) is 125 Å². The van der Waals surface area contributed by atoms with Gasteiger partial charge in [0, 0.05) is 49.3 Å². The molecule has 0 heterocycles. The van der Waals surface area contributed by atoms with Crippen LogP contribution in [0.15, 0.2) is 24.3 Å². The molecule has 0 unspecified atom stereocenters. The van der Waals surface area contributed by atoms with E-state index >= 15 is 0 Å². The maximum absolute atomic E-state index is 12.7. The first-order valence-electron chi connectivity index (χ1n) is 25.5. The summed E-state index contributed by atoms with van der Waals surface area (Å²) < 4.78 is 54.7. The normalized spacial score (nSPS) is 12.2. The molecule has 1 aromatic carbocycles. The van der Waals surface area contributed by atoms with Gasteiger partial charge in [0.25, 0.3) is 0 Å². The second kappa shape index (κ2) is 45.5. The zero-order valence-electron chi connectivity index (χ0n) is 44.8. The molecule has 0 radical (unpaired) electrons. The molecule has 3 amide bonds. The Bertz CT molecular complexity index is 1540. The molecule has 0 aliphatic rings. The number of esters is 1. The Hall–Kier alpha value is -2.84. The molecule has 1 rings (SSSR count). The number of rotatable bonds is 42. The van der Waals surface area contributed by atoms with Crippen molar-refractivity contribution in [3.63, 3.8) is 0 Å². The molecule has 2 atom stereocenters. The minimum Gasteiger partial charge on any atom is -0.458 e. The number of amides is 3. The zero-order valence-corrected chi connectivity index (χ0v) is 47.8. The van der Waals surface area contributed by atoms with Crippen molar-refractivity contribution in [2.75, 3.05) is 125 Å². The van der Waals surface area contributed by atoms with Crippen molar-refractivity contribution in [2.24, 2.45) is 5.73 Å². The third-order valence-electron chi connectivity index (χ3n) is 9.43. The second-order valence-corrected chi connectivity index (χ2v) is 20.0. The number of unbranched alkanes of at least 4 members (excludes halogenated alkanes) is 2. The van der Waals surface area contributed by atoms with E-state index in [9.17, 15) is 19.2 Å². The standard InChI is InChI=1S/C30H49IN2O7S.C21H43N3O7/c1-5-36-18-19-38-22-23-39-21-20-37-17-15-27(34)33-26(29(35)40-30(2,3)4)8-6-7-16-32-28(41)14-11-24-9-12-25(31)13-10-24;1-5-27-12-13-29-16-17-30-15-14-28-11-10-23-19(25)18(22)8-6-7-9-24-20(26)31-21(2,3)4/h9-10,12-13,26H,5-8,11,14-23H2,1-4H3,(H,32,41)(H,33,34);18H,5-17,22H2,1-4H3,(H,23,25)(H,24,26)/t26-;18-/m00/s1. The molecular weight excluding hydrogens is 1070 g/mol. The Labute approximate surface area is 450 Å². The van der Waals surface area contributed by atoms with Gasteiger partial charge in [-0.3, -0.25) is 9.59 Å². The van der Waals surface area contributed by atoms with Crippen LogP contribution in [0.3, 0.4) is 0 Å². The molecule has 19 nitrogen and oxygen atoms in total. The maximum atomic E-state index is 12.7. The predicted octanol–water partition coefficient (Wildman–Crippen LogP) is 5.83. The first-order chi connectivity index (χ1) is 34.4. The van der Waals surface area contributed by atoms with E-state index in [1.54, 1.807) is 0 Å². The average Bonchev–Trinajstić information content (AvgIpc) is 3.31. The molecule has 0 saturated heterocycles. The van der Waals surface area contributed by atoms with Crippen molar-refractivity contribution in [3.8, 4) is 0 Å². The van der Waals surface area contributed by atoms with Crippen LogP contribution in [-0.2, 0) is 68.2 Å². The lowest BCUT2D eigenvalue weighted by atomic mass is 10.1. The number of nitrogens with two attached hydrogens (primary N) is 1. The maximum Gasteiger partial charge on any atom is 0.407 e. The molecule has 0 aliphatic heterocycles. The summed E-state index contributed by atoms with van der Waals surface area (Å²) in [6.45, 7) is 24.4. The molecule has 0 bridgehead atoms. The van der Waals surface area contributed by atoms with E-state index < -0.39 is 35.3 Å². The summed E-state index contributed by atoms with van der Waals surface area (Å²) in [6, 6.07) is 7.16. The predicted molar refractivity (Wildman–Crippen MR) is 291 cm³/mol. The monoisotopic (exact) mass is 1160 g/mol. The first kappa shape index (κ1) is 69.2. The number of ether oxygens (including phenoxy) is 10. The smallest absolute Gasteiger partial charge is 0.407 e. The summed E-state index contributed by atoms with van der Waals surface area (Å²) in [4.78, 5) is 49.5. The van der Waals surface area contributed by atoms with Gasteiger partial charge in [-0.1, -0.05) is 24.4 Å². The molecule has 72 heavy (non-hydrogen) atoms. The van der Waals surface area contributed by atoms with Crippen LogP contribution in [0.25, 0.3) is 0 Å². The van der Waals surface area contributed by atoms with Crippen LogP contribution in [0, 0.1) is 3.57 Å². The number of aryl methyl sites for hydroxylation is 1. The van der Waals surface area contributed by atoms with Gasteiger partial charge in [0.1, 0.15) is 17.2 Å². The molecule has 0 fully saturated rings. The van der Waals surface area contributed by atoms with E-state index in [4.69, 9.17) is 65.3 Å². The highest BCUT2D eigenvalue weighted by molar-refractivity contribution is 14.1. The van der Waals surface area contributed by atoms with E-state index in [2.05, 4.69) is 68.1 Å². The number of halogens is 1. The van der Waals surface area contributed by atoms with Crippen LogP contribution >= 0.6 is 34.8 Å². The number of thiocarbonyl (C=S) groups is 1. The summed E-state index contributed by atoms with van der Waals surface area (Å²) in [7, 11) is 0. The number of nitrogens with one attached hydrogen (secondary N) is 4. The third-order valence-corrected chi connectivity index (χ3v) is 10.5. The molecule has 0 spiro atoms. The summed E-state index contributed by atoms with van der Waals surface area (Å²) >= 11 is 7.76. The van der Waals surface area contributed by atoms with Crippen molar-refractivity contribution < 1.29 is 66.5 Å². The lowest BCUT2D eigenvalue weighted by molar-refractivity contribution is -0.159. The highest BCUT2D eigenvalue weighted by Crippen LogP contribution is 2.13. The first-order valence-corrected chi connectivity index (χ1v) is 27.0. The Kier molecular flexibility index (Phi) is 43.7. The number of carbonyl (C=O) groups is 4. The van der Waals surface area contributed by atoms with Gasteiger partial charge in [-0.15, -0.1) is 0 Å². The SMILES string of the molecule is CCOCCOCCOCCOCCC(=O)N[C@@H](CCCCNC(=S)CCc1ccc(I)cc1)C(=O)OC(C)(C)C.CCOCCOCCOCCOCCNC(=O)[C@@H](N)CCCCNC(=O)OC(C)(C)C. The van der Waals surface area contributed by atoms with Gasteiger partial charge >= 0.3 is 12.1 Å². The number of hydrogen-bond acceptors (Lipinski definition) is 16. The molecule has 0 aromatic heterocycles.